The number of hydrogen-bond acceptors (Lipinski definition) is 3. The lowest BCUT2D eigenvalue weighted by atomic mass is 9.88. The van der Waals surface area contributed by atoms with Crippen molar-refractivity contribution < 1.29 is 14.6 Å². The van der Waals surface area contributed by atoms with Crippen LogP contribution >= 0.6 is 0 Å². The zero-order chi connectivity index (χ0) is 19.0. The number of carbonyl (C=O) groups excluding carboxylic acids is 1. The number of aliphatic hydroxyl groups is 1. The van der Waals surface area contributed by atoms with Crippen LogP contribution in [0.5, 0.6) is 0 Å². The standard InChI is InChI=1S/C23H44O3/c1-3-5-7-9-10-11-12-14-15-17-20-19-22(24)21(23(25)26-20)18-16-13-8-6-4-2/h20-22,24H,3-19H2,1-2H3/t20-,21+,22+/m1/s1. The van der Waals surface area contributed by atoms with Crippen molar-refractivity contribution in [2.45, 2.75) is 135 Å². The van der Waals surface area contributed by atoms with E-state index < -0.39 is 6.10 Å². The normalized spacial score (nSPS) is 23.2. The number of esters is 1. The Bertz CT molecular complexity index is 342. The molecular weight excluding hydrogens is 324 g/mol. The SMILES string of the molecule is CCCCCCCCCCC[C@@H]1C[C@H](O)[C@H](CCCCCCC)C(=O)O1. The second kappa shape index (κ2) is 15.5. The zero-order valence-corrected chi connectivity index (χ0v) is 17.5. The molecule has 0 saturated carbocycles. The molecule has 0 unspecified atom stereocenters. The molecule has 0 aliphatic carbocycles. The molecule has 1 heterocycles. The second-order valence-electron chi connectivity index (χ2n) is 8.29. The predicted molar refractivity (Wildman–Crippen MR) is 109 cm³/mol. The first-order valence-corrected chi connectivity index (χ1v) is 11.6. The van der Waals surface area contributed by atoms with Crippen molar-refractivity contribution in [1.82, 2.24) is 0 Å². The summed E-state index contributed by atoms with van der Waals surface area (Å²) < 4.78 is 5.62. The van der Waals surface area contributed by atoms with Crippen LogP contribution < -0.4 is 0 Å². The van der Waals surface area contributed by atoms with Crippen LogP contribution in [0.4, 0.5) is 0 Å². The molecule has 0 radical (unpaired) electrons. The van der Waals surface area contributed by atoms with Crippen molar-refractivity contribution >= 4 is 5.97 Å². The maximum atomic E-state index is 12.2. The molecule has 26 heavy (non-hydrogen) atoms. The molecule has 0 aromatic carbocycles. The summed E-state index contributed by atoms with van der Waals surface area (Å²) in [6.07, 6.45) is 19.5. The van der Waals surface area contributed by atoms with Crippen molar-refractivity contribution in [3.63, 3.8) is 0 Å². The summed E-state index contributed by atoms with van der Waals surface area (Å²) in [7, 11) is 0. The summed E-state index contributed by atoms with van der Waals surface area (Å²) in [4.78, 5) is 12.2. The van der Waals surface area contributed by atoms with Crippen molar-refractivity contribution in [2.75, 3.05) is 0 Å². The first-order chi connectivity index (χ1) is 12.7. The fourth-order valence-corrected chi connectivity index (χ4v) is 4.03. The van der Waals surface area contributed by atoms with E-state index in [9.17, 15) is 9.90 Å². The van der Waals surface area contributed by atoms with E-state index in [1.54, 1.807) is 0 Å². The molecule has 1 saturated heterocycles. The monoisotopic (exact) mass is 368 g/mol. The highest BCUT2D eigenvalue weighted by Crippen LogP contribution is 2.28. The van der Waals surface area contributed by atoms with E-state index in [1.807, 2.05) is 0 Å². The minimum absolute atomic E-state index is 0.0570. The predicted octanol–water partition coefficient (Wildman–Crippen LogP) is 6.56. The molecule has 0 aromatic heterocycles. The molecule has 3 heteroatoms. The summed E-state index contributed by atoms with van der Waals surface area (Å²) in [5, 5.41) is 10.4. The Morgan fingerprint density at radius 3 is 1.73 bits per heavy atom. The minimum atomic E-state index is -0.494. The number of carbonyl (C=O) groups is 1. The highest BCUT2D eigenvalue weighted by Gasteiger charge is 2.36. The Hall–Kier alpha value is -0.570. The molecule has 1 N–H and O–H groups in total. The zero-order valence-electron chi connectivity index (χ0n) is 17.5. The highest BCUT2D eigenvalue weighted by atomic mass is 16.5. The fraction of sp³-hybridized carbons (Fsp3) is 0.957. The number of rotatable bonds is 16. The molecule has 1 aliphatic rings. The molecular formula is C23H44O3. The number of hydrogen-bond donors (Lipinski definition) is 1. The van der Waals surface area contributed by atoms with Gasteiger partial charge in [0.15, 0.2) is 0 Å². The third-order valence-electron chi connectivity index (χ3n) is 5.80. The van der Waals surface area contributed by atoms with Crippen LogP contribution in [0.2, 0.25) is 0 Å². The number of ether oxygens (including phenoxy) is 1. The largest absolute Gasteiger partial charge is 0.462 e. The van der Waals surface area contributed by atoms with Crippen LogP contribution in [-0.2, 0) is 9.53 Å². The summed E-state index contributed by atoms with van der Waals surface area (Å²) in [6.45, 7) is 4.46. The maximum Gasteiger partial charge on any atom is 0.311 e. The highest BCUT2D eigenvalue weighted by molar-refractivity contribution is 5.74. The van der Waals surface area contributed by atoms with Crippen molar-refractivity contribution in [1.29, 1.82) is 0 Å². The average Bonchev–Trinajstić information content (AvgIpc) is 2.62. The Labute approximate surface area is 162 Å². The lowest BCUT2D eigenvalue weighted by Crippen LogP contribution is -2.41. The molecule has 3 atom stereocenters. The molecule has 1 rings (SSSR count). The van der Waals surface area contributed by atoms with Gasteiger partial charge in [-0.05, 0) is 19.3 Å². The summed E-state index contributed by atoms with van der Waals surface area (Å²) >= 11 is 0. The summed E-state index contributed by atoms with van der Waals surface area (Å²) in [5.74, 6) is -0.434. The van der Waals surface area contributed by atoms with Crippen LogP contribution in [0.1, 0.15) is 123 Å². The van der Waals surface area contributed by atoms with Crippen LogP contribution in [-0.4, -0.2) is 23.3 Å². The van der Waals surface area contributed by atoms with E-state index in [-0.39, 0.29) is 18.0 Å². The first kappa shape index (κ1) is 23.5. The first-order valence-electron chi connectivity index (χ1n) is 11.6. The van der Waals surface area contributed by atoms with Gasteiger partial charge in [0.2, 0.25) is 0 Å². The Morgan fingerprint density at radius 1 is 0.769 bits per heavy atom. The number of unbranched alkanes of at least 4 members (excludes halogenated alkanes) is 12. The quantitative estimate of drug-likeness (QED) is 0.248. The Kier molecular flexibility index (Phi) is 14.0. The molecule has 0 bridgehead atoms. The van der Waals surface area contributed by atoms with Crippen LogP contribution in [0, 0.1) is 5.92 Å². The third-order valence-corrected chi connectivity index (χ3v) is 5.80. The minimum Gasteiger partial charge on any atom is -0.462 e. The van der Waals surface area contributed by atoms with Gasteiger partial charge in [0, 0.05) is 6.42 Å². The van der Waals surface area contributed by atoms with E-state index in [2.05, 4.69) is 13.8 Å². The summed E-state index contributed by atoms with van der Waals surface area (Å²) in [6, 6.07) is 0. The van der Waals surface area contributed by atoms with Gasteiger partial charge in [0.1, 0.15) is 6.10 Å². The van der Waals surface area contributed by atoms with Gasteiger partial charge in [-0.2, -0.15) is 0 Å². The van der Waals surface area contributed by atoms with Crippen LogP contribution in [0.15, 0.2) is 0 Å². The molecule has 0 aromatic rings. The van der Waals surface area contributed by atoms with Gasteiger partial charge in [-0.15, -0.1) is 0 Å². The van der Waals surface area contributed by atoms with Gasteiger partial charge < -0.3 is 9.84 Å². The third kappa shape index (κ3) is 10.5. The van der Waals surface area contributed by atoms with Crippen molar-refractivity contribution in [2.24, 2.45) is 5.92 Å². The Morgan fingerprint density at radius 2 is 1.23 bits per heavy atom. The smallest absolute Gasteiger partial charge is 0.311 e. The second-order valence-corrected chi connectivity index (χ2v) is 8.29. The molecule has 0 amide bonds. The van der Waals surface area contributed by atoms with E-state index in [0.717, 1.165) is 32.1 Å². The lowest BCUT2D eigenvalue weighted by Gasteiger charge is -2.32. The summed E-state index contributed by atoms with van der Waals surface area (Å²) in [5.41, 5.74) is 0. The van der Waals surface area contributed by atoms with Gasteiger partial charge >= 0.3 is 5.97 Å². The van der Waals surface area contributed by atoms with Gasteiger partial charge in [0.05, 0.1) is 12.0 Å². The number of cyclic esters (lactones) is 1. The lowest BCUT2D eigenvalue weighted by molar-refractivity contribution is -0.170. The van der Waals surface area contributed by atoms with E-state index in [4.69, 9.17) is 4.74 Å². The van der Waals surface area contributed by atoms with Crippen molar-refractivity contribution in [3.8, 4) is 0 Å². The fourth-order valence-electron chi connectivity index (χ4n) is 4.03. The van der Waals surface area contributed by atoms with Crippen molar-refractivity contribution in [3.05, 3.63) is 0 Å². The molecule has 1 aliphatic heterocycles. The molecule has 1 fully saturated rings. The Balaban J connectivity index is 2.06. The van der Waals surface area contributed by atoms with Crippen LogP contribution in [0.25, 0.3) is 0 Å². The van der Waals surface area contributed by atoms with E-state index in [0.29, 0.717) is 6.42 Å². The number of aliphatic hydroxyl groups excluding tert-OH is 1. The van der Waals surface area contributed by atoms with Gasteiger partial charge in [-0.25, -0.2) is 0 Å². The van der Waals surface area contributed by atoms with Gasteiger partial charge in [-0.3, -0.25) is 4.79 Å². The van der Waals surface area contributed by atoms with E-state index in [1.165, 1.54) is 70.6 Å². The molecule has 0 spiro atoms. The topological polar surface area (TPSA) is 46.5 Å². The van der Waals surface area contributed by atoms with Gasteiger partial charge in [-0.1, -0.05) is 97.3 Å². The van der Waals surface area contributed by atoms with Gasteiger partial charge in [0.25, 0.3) is 0 Å². The average molecular weight is 369 g/mol. The van der Waals surface area contributed by atoms with E-state index >= 15 is 0 Å². The maximum absolute atomic E-state index is 12.2. The molecule has 3 nitrogen and oxygen atoms in total. The van der Waals surface area contributed by atoms with Crippen LogP contribution in [0.3, 0.4) is 0 Å². The molecule has 154 valence electrons.